The van der Waals surface area contributed by atoms with E-state index in [4.69, 9.17) is 26.2 Å². The van der Waals surface area contributed by atoms with Crippen molar-refractivity contribution in [2.75, 3.05) is 13.0 Å². The van der Waals surface area contributed by atoms with E-state index in [-0.39, 0.29) is 0 Å². The summed E-state index contributed by atoms with van der Waals surface area (Å²) in [7, 11) is 1.59. The Kier molecular flexibility index (Phi) is 9.38. The second-order valence-electron chi connectivity index (χ2n) is 5.92. The van der Waals surface area contributed by atoms with Crippen molar-refractivity contribution in [3.05, 3.63) is 47.6 Å². The average molecular weight is 449 g/mol. The largest absolute Gasteiger partial charge is 0.495 e. The van der Waals surface area contributed by atoms with Crippen LogP contribution in [0.2, 0.25) is 0 Å². The Morgan fingerprint density at radius 3 is 2.37 bits per heavy atom. The van der Waals surface area contributed by atoms with E-state index < -0.39 is 18.1 Å². The number of ether oxygens (including phenoxy) is 1. The fourth-order valence-electron chi connectivity index (χ4n) is 2.25. The van der Waals surface area contributed by atoms with Gasteiger partial charge >= 0.3 is 18.1 Å². The molecule has 0 amide bonds. The molecule has 0 bridgehead atoms. The van der Waals surface area contributed by atoms with Crippen molar-refractivity contribution in [2.24, 2.45) is 0 Å². The number of imidazole rings is 1. The average Bonchev–Trinajstić information content (AvgIpc) is 3.10. The number of benzene rings is 1. The molecular weight excluding hydrogens is 429 g/mol. The van der Waals surface area contributed by atoms with Gasteiger partial charge in [0.25, 0.3) is 0 Å². The summed E-state index contributed by atoms with van der Waals surface area (Å²) in [6.45, 7) is 1.91. The fourth-order valence-corrected chi connectivity index (χ4v) is 2.38. The van der Waals surface area contributed by atoms with Crippen molar-refractivity contribution in [2.45, 2.75) is 25.9 Å². The molecule has 0 atom stereocenters. The van der Waals surface area contributed by atoms with Crippen LogP contribution in [0.25, 0.3) is 11.8 Å². The second-order valence-corrected chi connectivity index (χ2v) is 6.30. The van der Waals surface area contributed by atoms with E-state index in [1.165, 1.54) is 0 Å². The zero-order valence-electron chi connectivity index (χ0n) is 16.1. The molecule has 0 fully saturated rings. The van der Waals surface area contributed by atoms with Gasteiger partial charge in [0, 0.05) is 17.6 Å². The minimum atomic E-state index is -5.08. The minimum Gasteiger partial charge on any atom is -0.495 e. The fraction of sp³-hybridized carbons (Fsp3) is 0.316. The number of halogens is 4. The number of hydrogen-bond acceptors (Lipinski definition) is 4. The van der Waals surface area contributed by atoms with Gasteiger partial charge in [0.15, 0.2) is 0 Å². The van der Waals surface area contributed by atoms with E-state index >= 15 is 0 Å². The first-order chi connectivity index (χ1) is 14.0. The summed E-state index contributed by atoms with van der Waals surface area (Å²) in [5.41, 5.74) is 2.86. The van der Waals surface area contributed by atoms with Crippen LogP contribution in [0.1, 0.15) is 24.1 Å². The van der Waals surface area contributed by atoms with Crippen LogP contribution in [0.3, 0.4) is 0 Å². The predicted molar refractivity (Wildman–Crippen MR) is 104 cm³/mol. The smallest absolute Gasteiger partial charge is 0.490 e. The van der Waals surface area contributed by atoms with Crippen LogP contribution in [-0.4, -0.2) is 50.9 Å². The molecule has 164 valence electrons. The van der Waals surface area contributed by atoms with Crippen LogP contribution in [0.5, 0.6) is 5.75 Å². The number of hydrogen-bond donors (Lipinski definition) is 2. The summed E-state index contributed by atoms with van der Waals surface area (Å²) in [5.74, 6) is -2.60. The molecule has 1 heterocycles. The zero-order valence-corrected chi connectivity index (χ0v) is 16.9. The maximum Gasteiger partial charge on any atom is 0.490 e. The molecular formula is C19H20ClF3N2O5. The summed E-state index contributed by atoms with van der Waals surface area (Å²) in [6, 6.07) is 5.55. The third kappa shape index (κ3) is 7.78. The monoisotopic (exact) mass is 448 g/mol. The SMILES string of the molecule is COc1cc(/C=C(\CCCCl)C(=O)O)ccc1-n1cnc(C)c1.O=C(O)C(F)(F)F. The van der Waals surface area contributed by atoms with E-state index in [1.807, 2.05) is 35.9 Å². The van der Waals surface area contributed by atoms with E-state index in [2.05, 4.69) is 4.98 Å². The molecule has 0 saturated carbocycles. The quantitative estimate of drug-likeness (QED) is 0.483. The topological polar surface area (TPSA) is 102 Å². The van der Waals surface area contributed by atoms with Crippen LogP contribution < -0.4 is 4.74 Å². The Bertz CT molecular complexity index is 910. The number of aryl methyl sites for hydroxylation is 1. The van der Waals surface area contributed by atoms with E-state index in [1.54, 1.807) is 19.5 Å². The van der Waals surface area contributed by atoms with Crippen LogP contribution in [-0.2, 0) is 9.59 Å². The van der Waals surface area contributed by atoms with Crippen molar-refractivity contribution >= 4 is 29.6 Å². The summed E-state index contributed by atoms with van der Waals surface area (Å²) in [4.78, 5) is 24.4. The molecule has 0 radical (unpaired) electrons. The molecule has 0 saturated heterocycles. The molecule has 0 aliphatic carbocycles. The van der Waals surface area contributed by atoms with Gasteiger partial charge in [0.1, 0.15) is 5.75 Å². The number of aliphatic carboxylic acids is 2. The lowest BCUT2D eigenvalue weighted by Crippen LogP contribution is -2.21. The van der Waals surface area contributed by atoms with Crippen LogP contribution in [0, 0.1) is 6.92 Å². The van der Waals surface area contributed by atoms with Gasteiger partial charge in [-0.1, -0.05) is 6.07 Å². The van der Waals surface area contributed by atoms with Crippen molar-refractivity contribution < 1.29 is 37.7 Å². The Morgan fingerprint density at radius 2 is 1.93 bits per heavy atom. The number of carboxylic acid groups (broad SMARTS) is 2. The molecule has 30 heavy (non-hydrogen) atoms. The molecule has 2 rings (SSSR count). The van der Waals surface area contributed by atoms with Crippen molar-refractivity contribution in [3.63, 3.8) is 0 Å². The Balaban J connectivity index is 0.000000553. The highest BCUT2D eigenvalue weighted by atomic mass is 35.5. The molecule has 0 aliphatic heterocycles. The van der Waals surface area contributed by atoms with Crippen molar-refractivity contribution in [3.8, 4) is 11.4 Å². The lowest BCUT2D eigenvalue weighted by atomic mass is 10.1. The number of aromatic nitrogens is 2. The van der Waals surface area contributed by atoms with E-state index in [9.17, 15) is 23.1 Å². The van der Waals surface area contributed by atoms with Crippen LogP contribution in [0.15, 0.2) is 36.3 Å². The molecule has 1 aromatic carbocycles. The first-order valence-corrected chi connectivity index (χ1v) is 9.02. The second kappa shape index (κ2) is 11.2. The Labute approximate surface area is 175 Å². The Hall–Kier alpha value is -3.01. The van der Waals surface area contributed by atoms with Gasteiger partial charge in [-0.05, 0) is 43.5 Å². The maximum atomic E-state index is 11.3. The van der Waals surface area contributed by atoms with Crippen molar-refractivity contribution in [1.82, 2.24) is 9.55 Å². The Morgan fingerprint density at radius 1 is 1.30 bits per heavy atom. The van der Waals surface area contributed by atoms with Gasteiger partial charge in [-0.3, -0.25) is 0 Å². The minimum absolute atomic E-state index is 0.332. The first kappa shape index (κ1) is 25.0. The van der Waals surface area contributed by atoms with E-state index in [0.717, 1.165) is 16.9 Å². The van der Waals surface area contributed by atoms with Crippen LogP contribution >= 0.6 is 11.6 Å². The molecule has 1 aromatic heterocycles. The van der Waals surface area contributed by atoms with Gasteiger partial charge in [-0.2, -0.15) is 13.2 Å². The summed E-state index contributed by atoms with van der Waals surface area (Å²) >= 11 is 5.64. The highest BCUT2D eigenvalue weighted by Gasteiger charge is 2.38. The van der Waals surface area contributed by atoms with Crippen molar-refractivity contribution in [1.29, 1.82) is 0 Å². The number of rotatable bonds is 7. The lowest BCUT2D eigenvalue weighted by molar-refractivity contribution is -0.192. The molecule has 2 N–H and O–H groups in total. The summed E-state index contributed by atoms with van der Waals surface area (Å²) < 4.78 is 39.0. The summed E-state index contributed by atoms with van der Waals surface area (Å²) in [5, 5.41) is 16.4. The van der Waals surface area contributed by atoms with Crippen LogP contribution in [0.4, 0.5) is 13.2 Å². The zero-order chi connectivity index (χ0) is 22.9. The van der Waals surface area contributed by atoms with Gasteiger partial charge < -0.3 is 19.5 Å². The summed E-state index contributed by atoms with van der Waals surface area (Å²) in [6.07, 6.45) is 1.25. The van der Waals surface area contributed by atoms with Gasteiger partial charge in [0.05, 0.1) is 24.8 Å². The lowest BCUT2D eigenvalue weighted by Gasteiger charge is -2.10. The molecule has 0 aliphatic rings. The molecule has 11 heteroatoms. The predicted octanol–water partition coefficient (Wildman–Crippen LogP) is 4.31. The molecule has 2 aromatic rings. The number of carboxylic acids is 2. The number of alkyl halides is 4. The van der Waals surface area contributed by atoms with Gasteiger partial charge in [-0.15, -0.1) is 11.6 Å². The van der Waals surface area contributed by atoms with Gasteiger partial charge in [-0.25, -0.2) is 14.6 Å². The number of methoxy groups -OCH3 is 1. The number of carbonyl (C=O) groups is 2. The standard InChI is InChI=1S/C17H19ClN2O3.C2HF3O2/c1-12-10-20(11-19-12)15-6-5-13(9-16(15)23-2)8-14(17(21)22)4-3-7-18;3-2(4,5)1(6)7/h5-6,8-11H,3-4,7H2,1-2H3,(H,21,22);(H,6,7)/b14-8+;. The maximum absolute atomic E-state index is 11.3. The molecule has 0 unspecified atom stereocenters. The highest BCUT2D eigenvalue weighted by molar-refractivity contribution is 6.17. The number of nitrogens with zero attached hydrogens (tertiary/aromatic N) is 2. The molecule has 7 nitrogen and oxygen atoms in total. The van der Waals surface area contributed by atoms with E-state index in [0.29, 0.717) is 30.0 Å². The highest BCUT2D eigenvalue weighted by Crippen LogP contribution is 2.26. The third-order valence-corrected chi connectivity index (χ3v) is 3.90. The third-order valence-electron chi connectivity index (χ3n) is 3.63. The first-order valence-electron chi connectivity index (χ1n) is 8.48. The molecule has 0 spiro atoms. The normalized spacial score (nSPS) is 11.5. The van der Waals surface area contributed by atoms with Gasteiger partial charge in [0.2, 0.25) is 0 Å².